The van der Waals surface area contributed by atoms with Gasteiger partial charge in [0.15, 0.2) is 5.78 Å². The maximum atomic E-state index is 12.3. The second-order valence-corrected chi connectivity index (χ2v) is 5.58. The van der Waals surface area contributed by atoms with Crippen LogP contribution in [0.4, 0.5) is 0 Å². The number of Topliss-reactive ketones (excluding diaryl/α,β-unsaturated/α-hetero) is 1. The molecule has 3 aromatic carbocycles. The lowest BCUT2D eigenvalue weighted by molar-refractivity contribution is 0.103. The molecule has 0 aromatic heterocycles. The summed E-state index contributed by atoms with van der Waals surface area (Å²) in [4.78, 5) is 12.3. The standard InChI is InChI=1S/C22H19O3/c1-24-20-11-7-17(8-12-20)15-22(23)19-9-13-21(14-10-19)25-16-18-5-3-2-4-6-18/h2-15H,16H2,1H3. The van der Waals surface area contributed by atoms with Crippen molar-refractivity contribution >= 4 is 5.78 Å². The number of carbonyl (C=O) groups is 1. The van der Waals surface area contributed by atoms with Crippen LogP contribution in [0, 0.1) is 6.42 Å². The monoisotopic (exact) mass is 331 g/mol. The van der Waals surface area contributed by atoms with E-state index < -0.39 is 0 Å². The Morgan fingerprint density at radius 1 is 0.840 bits per heavy atom. The molecule has 3 rings (SSSR count). The van der Waals surface area contributed by atoms with Crippen molar-refractivity contribution in [1.29, 1.82) is 0 Å². The Bertz CT molecular complexity index is 806. The molecular formula is C22H19O3. The van der Waals surface area contributed by atoms with Crippen LogP contribution in [0.3, 0.4) is 0 Å². The summed E-state index contributed by atoms with van der Waals surface area (Å²) in [6.45, 7) is 0.506. The number of benzene rings is 3. The van der Waals surface area contributed by atoms with Crippen LogP contribution in [0.25, 0.3) is 0 Å². The highest BCUT2D eigenvalue weighted by Crippen LogP contribution is 2.18. The van der Waals surface area contributed by atoms with E-state index in [1.54, 1.807) is 25.7 Å². The molecule has 3 nitrogen and oxygen atoms in total. The smallest absolute Gasteiger partial charge is 0.171 e. The highest BCUT2D eigenvalue weighted by atomic mass is 16.5. The molecule has 125 valence electrons. The molecule has 0 aliphatic carbocycles. The fraction of sp³-hybridized carbons (Fsp3) is 0.0909. The molecule has 0 saturated heterocycles. The number of methoxy groups -OCH3 is 1. The molecule has 25 heavy (non-hydrogen) atoms. The number of hydrogen-bond acceptors (Lipinski definition) is 3. The first-order valence-electron chi connectivity index (χ1n) is 8.04. The van der Waals surface area contributed by atoms with Gasteiger partial charge in [-0.05, 0) is 47.5 Å². The van der Waals surface area contributed by atoms with Crippen LogP contribution in [-0.2, 0) is 6.61 Å². The minimum Gasteiger partial charge on any atom is -0.497 e. The minimum absolute atomic E-state index is 0.0419. The molecule has 0 amide bonds. The van der Waals surface area contributed by atoms with Gasteiger partial charge in [-0.2, -0.15) is 0 Å². The second kappa shape index (κ2) is 8.15. The molecule has 0 bridgehead atoms. The molecule has 3 aromatic rings. The predicted octanol–water partition coefficient (Wildman–Crippen LogP) is 4.71. The lowest BCUT2D eigenvalue weighted by Crippen LogP contribution is -2.01. The van der Waals surface area contributed by atoms with E-state index in [1.807, 2.05) is 66.7 Å². The molecule has 0 N–H and O–H groups in total. The Hall–Kier alpha value is -3.07. The van der Waals surface area contributed by atoms with Gasteiger partial charge in [0.25, 0.3) is 0 Å². The number of ketones is 1. The van der Waals surface area contributed by atoms with E-state index in [4.69, 9.17) is 9.47 Å². The highest BCUT2D eigenvalue weighted by molar-refractivity contribution is 6.04. The maximum absolute atomic E-state index is 12.3. The van der Waals surface area contributed by atoms with Crippen molar-refractivity contribution in [2.24, 2.45) is 0 Å². The molecule has 0 aliphatic rings. The SMILES string of the molecule is COc1ccc([CH]C(=O)c2ccc(OCc3ccccc3)cc2)cc1. The third-order valence-corrected chi connectivity index (χ3v) is 3.80. The minimum atomic E-state index is -0.0419. The maximum Gasteiger partial charge on any atom is 0.171 e. The highest BCUT2D eigenvalue weighted by Gasteiger charge is 2.08. The number of hydrogen-bond donors (Lipinski definition) is 0. The average molecular weight is 331 g/mol. The number of rotatable bonds is 7. The van der Waals surface area contributed by atoms with Gasteiger partial charge in [0.1, 0.15) is 18.1 Å². The second-order valence-electron chi connectivity index (χ2n) is 5.58. The molecule has 0 atom stereocenters. The first kappa shape index (κ1) is 16.8. The summed E-state index contributed by atoms with van der Waals surface area (Å²) < 4.78 is 10.8. The molecule has 0 spiro atoms. The summed E-state index contributed by atoms with van der Waals surface area (Å²) in [5, 5.41) is 0. The normalized spacial score (nSPS) is 10.3. The number of carbonyl (C=O) groups excluding carboxylic acids is 1. The summed E-state index contributed by atoms with van der Waals surface area (Å²) in [6.07, 6.45) is 1.61. The van der Waals surface area contributed by atoms with Crippen molar-refractivity contribution in [3.8, 4) is 11.5 Å². The van der Waals surface area contributed by atoms with Crippen molar-refractivity contribution in [3.05, 3.63) is 102 Å². The van der Waals surface area contributed by atoms with Gasteiger partial charge in [0.2, 0.25) is 0 Å². The van der Waals surface area contributed by atoms with Crippen LogP contribution >= 0.6 is 0 Å². The van der Waals surface area contributed by atoms with Crippen molar-refractivity contribution < 1.29 is 14.3 Å². The largest absolute Gasteiger partial charge is 0.497 e. The molecule has 0 heterocycles. The Kier molecular flexibility index (Phi) is 5.47. The fourth-order valence-corrected chi connectivity index (χ4v) is 2.39. The van der Waals surface area contributed by atoms with Gasteiger partial charge in [0, 0.05) is 5.56 Å². The van der Waals surface area contributed by atoms with Crippen molar-refractivity contribution in [2.45, 2.75) is 6.61 Å². The van der Waals surface area contributed by atoms with Gasteiger partial charge in [-0.1, -0.05) is 42.5 Å². The predicted molar refractivity (Wildman–Crippen MR) is 97.9 cm³/mol. The quantitative estimate of drug-likeness (QED) is 0.588. The van der Waals surface area contributed by atoms with Gasteiger partial charge in [-0.15, -0.1) is 0 Å². The van der Waals surface area contributed by atoms with E-state index in [0.29, 0.717) is 12.2 Å². The third-order valence-electron chi connectivity index (χ3n) is 3.80. The van der Waals surface area contributed by atoms with Gasteiger partial charge in [0.05, 0.1) is 13.5 Å². The van der Waals surface area contributed by atoms with Crippen LogP contribution in [0.5, 0.6) is 11.5 Å². The Balaban J connectivity index is 1.58. The summed E-state index contributed by atoms with van der Waals surface area (Å²) in [7, 11) is 1.62. The summed E-state index contributed by atoms with van der Waals surface area (Å²) >= 11 is 0. The van der Waals surface area contributed by atoms with Crippen LogP contribution in [0.15, 0.2) is 78.9 Å². The van der Waals surface area contributed by atoms with Crippen LogP contribution in [-0.4, -0.2) is 12.9 Å². The van der Waals surface area contributed by atoms with E-state index in [2.05, 4.69) is 0 Å². The van der Waals surface area contributed by atoms with E-state index >= 15 is 0 Å². The molecule has 1 radical (unpaired) electrons. The zero-order valence-electron chi connectivity index (χ0n) is 14.0. The van der Waals surface area contributed by atoms with Gasteiger partial charge in [-0.3, -0.25) is 4.79 Å². The van der Waals surface area contributed by atoms with Crippen molar-refractivity contribution in [3.63, 3.8) is 0 Å². The Morgan fingerprint density at radius 2 is 1.48 bits per heavy atom. The van der Waals surface area contributed by atoms with E-state index in [1.165, 1.54) is 0 Å². The van der Waals surface area contributed by atoms with E-state index in [9.17, 15) is 4.79 Å². The van der Waals surface area contributed by atoms with Gasteiger partial charge < -0.3 is 9.47 Å². The molecule has 0 fully saturated rings. The van der Waals surface area contributed by atoms with Crippen LogP contribution < -0.4 is 9.47 Å². The lowest BCUT2D eigenvalue weighted by atomic mass is 10.0. The average Bonchev–Trinajstić information content (AvgIpc) is 2.68. The summed E-state index contributed by atoms with van der Waals surface area (Å²) in [5.74, 6) is 1.47. The molecule has 3 heteroatoms. The van der Waals surface area contributed by atoms with E-state index in [0.717, 1.165) is 22.6 Å². The van der Waals surface area contributed by atoms with Crippen LogP contribution in [0.1, 0.15) is 21.5 Å². The molecule has 0 unspecified atom stereocenters. The van der Waals surface area contributed by atoms with E-state index in [-0.39, 0.29) is 5.78 Å². The number of ether oxygens (including phenoxy) is 2. The molecule has 0 saturated carbocycles. The molecular weight excluding hydrogens is 312 g/mol. The Labute approximate surface area is 147 Å². The van der Waals surface area contributed by atoms with Crippen molar-refractivity contribution in [1.82, 2.24) is 0 Å². The van der Waals surface area contributed by atoms with Gasteiger partial charge in [-0.25, -0.2) is 0 Å². The van der Waals surface area contributed by atoms with Crippen molar-refractivity contribution in [2.75, 3.05) is 7.11 Å². The first-order chi connectivity index (χ1) is 12.2. The lowest BCUT2D eigenvalue weighted by Gasteiger charge is -2.07. The first-order valence-corrected chi connectivity index (χ1v) is 8.04. The third kappa shape index (κ3) is 4.70. The van der Waals surface area contributed by atoms with Crippen LogP contribution in [0.2, 0.25) is 0 Å². The molecule has 0 aliphatic heterocycles. The summed E-state index contributed by atoms with van der Waals surface area (Å²) in [6, 6.07) is 24.5. The topological polar surface area (TPSA) is 35.5 Å². The van der Waals surface area contributed by atoms with Gasteiger partial charge >= 0.3 is 0 Å². The zero-order valence-corrected chi connectivity index (χ0v) is 14.0. The Morgan fingerprint density at radius 3 is 2.12 bits per heavy atom. The fourth-order valence-electron chi connectivity index (χ4n) is 2.39. The summed E-state index contributed by atoms with van der Waals surface area (Å²) in [5.41, 5.74) is 2.58. The zero-order chi connectivity index (χ0) is 17.5.